The van der Waals surface area contributed by atoms with Crippen LogP contribution in [-0.2, 0) is 10.0 Å². The van der Waals surface area contributed by atoms with Crippen LogP contribution in [0.25, 0.3) is 0 Å². The summed E-state index contributed by atoms with van der Waals surface area (Å²) in [6.45, 7) is 0. The molecule has 0 amide bonds. The van der Waals surface area contributed by atoms with E-state index in [2.05, 4.69) is 25.6 Å². The Morgan fingerprint density at radius 1 is 1.26 bits per heavy atom. The minimum Gasteiger partial charge on any atom is -0.280 e. The summed E-state index contributed by atoms with van der Waals surface area (Å²) in [5.74, 6) is 0. The van der Waals surface area contributed by atoms with E-state index in [1.54, 1.807) is 23.9 Å². The second-order valence-corrected chi connectivity index (χ2v) is 7.15. The van der Waals surface area contributed by atoms with E-state index >= 15 is 0 Å². The number of thioether (sulfide) groups is 1. The van der Waals surface area contributed by atoms with Gasteiger partial charge in [-0.15, -0.1) is 11.8 Å². The predicted octanol–water partition coefficient (Wildman–Crippen LogP) is 3.37. The molecule has 2 aromatic rings. The summed E-state index contributed by atoms with van der Waals surface area (Å²) in [5.41, 5.74) is 0.534. The molecule has 19 heavy (non-hydrogen) atoms. The quantitative estimate of drug-likeness (QED) is 0.851. The van der Waals surface area contributed by atoms with Crippen LogP contribution in [0.15, 0.2) is 57.0 Å². The molecule has 1 N–H and O–H groups in total. The van der Waals surface area contributed by atoms with Gasteiger partial charge in [0, 0.05) is 27.4 Å². The monoisotopic (exact) mass is 358 g/mol. The lowest BCUT2D eigenvalue weighted by molar-refractivity contribution is 0.600. The zero-order valence-electron chi connectivity index (χ0n) is 10.00. The maximum atomic E-state index is 12.2. The summed E-state index contributed by atoms with van der Waals surface area (Å²) in [7, 11) is -3.61. The number of aromatic nitrogens is 1. The lowest BCUT2D eigenvalue weighted by Gasteiger charge is -2.08. The molecule has 1 aromatic carbocycles. The number of nitrogens with one attached hydrogen (secondary N) is 1. The maximum absolute atomic E-state index is 12.2. The number of nitrogens with zero attached hydrogens (tertiary/aromatic N) is 1. The van der Waals surface area contributed by atoms with Crippen LogP contribution in [-0.4, -0.2) is 19.7 Å². The van der Waals surface area contributed by atoms with E-state index in [0.717, 1.165) is 4.90 Å². The molecule has 0 aliphatic carbocycles. The van der Waals surface area contributed by atoms with Crippen LogP contribution in [0.3, 0.4) is 0 Å². The average Bonchev–Trinajstić information content (AvgIpc) is 2.38. The third-order valence-electron chi connectivity index (χ3n) is 2.31. The van der Waals surface area contributed by atoms with Gasteiger partial charge in [-0.1, -0.05) is 6.07 Å². The highest BCUT2D eigenvalue weighted by Crippen LogP contribution is 2.22. The topological polar surface area (TPSA) is 59.1 Å². The van der Waals surface area contributed by atoms with Crippen molar-refractivity contribution in [2.75, 3.05) is 11.0 Å². The molecule has 0 aliphatic heterocycles. The van der Waals surface area contributed by atoms with Gasteiger partial charge in [-0.3, -0.25) is 9.71 Å². The van der Waals surface area contributed by atoms with Crippen molar-refractivity contribution in [2.24, 2.45) is 0 Å². The minimum absolute atomic E-state index is 0.122. The van der Waals surface area contributed by atoms with Crippen LogP contribution < -0.4 is 4.72 Å². The Labute approximate surface area is 124 Å². The van der Waals surface area contributed by atoms with Gasteiger partial charge in [0.05, 0.1) is 0 Å². The normalized spacial score (nSPS) is 11.3. The van der Waals surface area contributed by atoms with E-state index < -0.39 is 10.0 Å². The molecular formula is C12H11BrN2O2S2. The zero-order chi connectivity index (χ0) is 13.9. The third kappa shape index (κ3) is 3.71. The molecule has 0 saturated heterocycles. The molecule has 0 spiro atoms. The minimum atomic E-state index is -3.61. The first kappa shape index (κ1) is 14.4. The molecule has 0 fully saturated rings. The summed E-state index contributed by atoms with van der Waals surface area (Å²) in [6, 6.07) is 8.73. The van der Waals surface area contributed by atoms with Crippen LogP contribution in [0.4, 0.5) is 5.69 Å². The number of halogens is 1. The maximum Gasteiger partial charge on any atom is 0.263 e. The summed E-state index contributed by atoms with van der Waals surface area (Å²) in [5, 5.41) is 0. The number of sulfonamides is 1. The van der Waals surface area contributed by atoms with E-state index in [-0.39, 0.29) is 4.90 Å². The van der Waals surface area contributed by atoms with Crippen LogP contribution in [0, 0.1) is 0 Å². The van der Waals surface area contributed by atoms with E-state index in [1.807, 2.05) is 18.4 Å². The van der Waals surface area contributed by atoms with Gasteiger partial charge >= 0.3 is 0 Å². The third-order valence-corrected chi connectivity index (χ3v) is 4.82. The van der Waals surface area contributed by atoms with E-state index in [1.165, 1.54) is 18.5 Å². The second kappa shape index (κ2) is 5.94. The largest absolute Gasteiger partial charge is 0.280 e. The Hall–Kier alpha value is -1.05. The second-order valence-electron chi connectivity index (χ2n) is 3.68. The number of benzene rings is 1. The van der Waals surface area contributed by atoms with Gasteiger partial charge in [-0.05, 0) is 46.5 Å². The molecule has 1 aromatic heterocycles. The van der Waals surface area contributed by atoms with Crippen molar-refractivity contribution in [3.05, 3.63) is 47.2 Å². The molecule has 4 nitrogen and oxygen atoms in total. The van der Waals surface area contributed by atoms with Crippen molar-refractivity contribution in [3.63, 3.8) is 0 Å². The molecule has 0 bridgehead atoms. The molecule has 0 radical (unpaired) electrons. The summed E-state index contributed by atoms with van der Waals surface area (Å²) < 4.78 is 27.5. The highest BCUT2D eigenvalue weighted by atomic mass is 79.9. The first-order chi connectivity index (χ1) is 9.01. The van der Waals surface area contributed by atoms with Gasteiger partial charge in [0.25, 0.3) is 10.0 Å². The molecule has 0 aliphatic rings. The van der Waals surface area contributed by atoms with E-state index in [4.69, 9.17) is 0 Å². The van der Waals surface area contributed by atoms with E-state index in [9.17, 15) is 8.42 Å². The molecular weight excluding hydrogens is 348 g/mol. The predicted molar refractivity (Wildman–Crippen MR) is 81.0 cm³/mol. The Morgan fingerprint density at radius 3 is 2.74 bits per heavy atom. The van der Waals surface area contributed by atoms with Gasteiger partial charge in [-0.2, -0.15) is 0 Å². The fourth-order valence-electron chi connectivity index (χ4n) is 1.44. The van der Waals surface area contributed by atoms with Crippen molar-refractivity contribution >= 4 is 43.4 Å². The van der Waals surface area contributed by atoms with Crippen molar-refractivity contribution < 1.29 is 8.42 Å². The summed E-state index contributed by atoms with van der Waals surface area (Å²) >= 11 is 4.76. The standard InChI is InChI=1S/C12H11BrN2O2S2/c1-18-11-4-2-3-10(6-11)15-19(16,17)12-5-9(13)7-14-8-12/h2-8,15H,1H3. The highest BCUT2D eigenvalue weighted by molar-refractivity contribution is 9.10. The molecule has 1 heterocycles. The van der Waals surface area contributed by atoms with Crippen molar-refractivity contribution in [1.82, 2.24) is 4.98 Å². The molecule has 2 rings (SSSR count). The van der Waals surface area contributed by atoms with Gasteiger partial charge in [0.1, 0.15) is 4.90 Å². The van der Waals surface area contributed by atoms with Crippen LogP contribution in [0.2, 0.25) is 0 Å². The number of hydrogen-bond donors (Lipinski definition) is 1. The van der Waals surface area contributed by atoms with Crippen molar-refractivity contribution in [3.8, 4) is 0 Å². The van der Waals surface area contributed by atoms with Gasteiger partial charge in [0.15, 0.2) is 0 Å². The Balaban J connectivity index is 2.31. The highest BCUT2D eigenvalue weighted by Gasteiger charge is 2.15. The van der Waals surface area contributed by atoms with Gasteiger partial charge < -0.3 is 0 Å². The molecule has 0 saturated carbocycles. The Bertz CT molecular complexity index is 690. The zero-order valence-corrected chi connectivity index (χ0v) is 13.2. The van der Waals surface area contributed by atoms with Gasteiger partial charge in [0.2, 0.25) is 0 Å². The van der Waals surface area contributed by atoms with Crippen LogP contribution >= 0.6 is 27.7 Å². The van der Waals surface area contributed by atoms with Crippen LogP contribution in [0.1, 0.15) is 0 Å². The Morgan fingerprint density at radius 2 is 2.05 bits per heavy atom. The van der Waals surface area contributed by atoms with Crippen molar-refractivity contribution in [1.29, 1.82) is 0 Å². The molecule has 0 atom stereocenters. The first-order valence-electron chi connectivity index (χ1n) is 5.29. The molecule has 100 valence electrons. The van der Waals surface area contributed by atoms with Crippen LogP contribution in [0.5, 0.6) is 0 Å². The number of pyridine rings is 1. The number of hydrogen-bond acceptors (Lipinski definition) is 4. The summed E-state index contributed by atoms with van der Waals surface area (Å²) in [4.78, 5) is 4.97. The SMILES string of the molecule is CSc1cccc(NS(=O)(=O)c2cncc(Br)c2)c1. The van der Waals surface area contributed by atoms with Crippen molar-refractivity contribution in [2.45, 2.75) is 9.79 Å². The fraction of sp³-hybridized carbons (Fsp3) is 0.0833. The Kier molecular flexibility index (Phi) is 4.49. The smallest absolute Gasteiger partial charge is 0.263 e. The number of rotatable bonds is 4. The summed E-state index contributed by atoms with van der Waals surface area (Å²) in [6.07, 6.45) is 4.78. The lowest BCUT2D eigenvalue weighted by atomic mass is 10.3. The number of anilines is 1. The fourth-order valence-corrected chi connectivity index (χ4v) is 3.45. The molecule has 7 heteroatoms. The lowest BCUT2D eigenvalue weighted by Crippen LogP contribution is -2.13. The average molecular weight is 359 g/mol. The van der Waals surface area contributed by atoms with E-state index in [0.29, 0.717) is 10.2 Å². The first-order valence-corrected chi connectivity index (χ1v) is 8.79. The molecule has 0 unspecified atom stereocenters. The van der Waals surface area contributed by atoms with Gasteiger partial charge in [-0.25, -0.2) is 8.42 Å².